The zero-order valence-electron chi connectivity index (χ0n) is 11.8. The first-order valence-electron chi connectivity index (χ1n) is 6.55. The summed E-state index contributed by atoms with van der Waals surface area (Å²) in [5.41, 5.74) is 0.457. The minimum absolute atomic E-state index is 0.00940. The summed E-state index contributed by atoms with van der Waals surface area (Å²) < 4.78 is 13.4. The van der Waals surface area contributed by atoms with Crippen LogP contribution in [-0.2, 0) is 0 Å². The predicted octanol–water partition coefficient (Wildman–Crippen LogP) is 3.47. The first-order chi connectivity index (χ1) is 8.88. The third-order valence-corrected chi connectivity index (χ3v) is 3.33. The quantitative estimate of drug-likeness (QED) is 0.635. The molecule has 1 aromatic carbocycles. The zero-order valence-corrected chi connectivity index (χ0v) is 11.8. The highest BCUT2D eigenvalue weighted by molar-refractivity contribution is 5.43. The average Bonchev–Trinajstić information content (AvgIpc) is 2.28. The molecule has 2 unspecified atom stereocenters. The number of nitrogens with zero attached hydrogens (tertiary/aromatic N) is 1. The number of likely N-dealkylation sites (N-methyl/N-ethyl adjacent to an activating group) is 1. The van der Waals surface area contributed by atoms with Crippen molar-refractivity contribution in [1.82, 2.24) is 5.32 Å². The van der Waals surface area contributed by atoms with Crippen molar-refractivity contribution in [3.8, 4) is 0 Å². The van der Waals surface area contributed by atoms with Gasteiger partial charge < -0.3 is 5.32 Å². The Hall–Kier alpha value is -1.49. The molecule has 106 valence electrons. The number of benzene rings is 1. The highest BCUT2D eigenvalue weighted by atomic mass is 19.1. The maximum atomic E-state index is 13.4. The van der Waals surface area contributed by atoms with Crippen LogP contribution in [0.15, 0.2) is 18.2 Å². The molecule has 0 spiro atoms. The molecule has 0 aromatic heterocycles. The molecule has 1 aromatic rings. The van der Waals surface area contributed by atoms with E-state index in [0.29, 0.717) is 5.56 Å². The lowest BCUT2D eigenvalue weighted by Gasteiger charge is -2.28. The fourth-order valence-electron chi connectivity index (χ4n) is 2.61. The van der Waals surface area contributed by atoms with Gasteiger partial charge in [-0.25, -0.2) is 4.39 Å². The van der Waals surface area contributed by atoms with Crippen LogP contribution in [0.5, 0.6) is 0 Å². The number of nitrogens with one attached hydrogen (secondary N) is 1. The Bertz CT molecular complexity index is 449. The first-order valence-corrected chi connectivity index (χ1v) is 6.55. The van der Waals surface area contributed by atoms with E-state index in [1.807, 2.05) is 27.7 Å². The molecule has 0 radical (unpaired) electrons. The van der Waals surface area contributed by atoms with Gasteiger partial charge in [0.1, 0.15) is 5.82 Å². The highest BCUT2D eigenvalue weighted by Gasteiger charge is 2.29. The van der Waals surface area contributed by atoms with Crippen LogP contribution >= 0.6 is 0 Å². The van der Waals surface area contributed by atoms with E-state index >= 15 is 0 Å². The molecule has 5 heteroatoms. The van der Waals surface area contributed by atoms with Gasteiger partial charge in [-0.2, -0.15) is 0 Å². The van der Waals surface area contributed by atoms with Crippen molar-refractivity contribution in [2.75, 3.05) is 6.54 Å². The highest BCUT2D eigenvalue weighted by Crippen LogP contribution is 2.34. The van der Waals surface area contributed by atoms with Gasteiger partial charge in [0.15, 0.2) is 0 Å². The van der Waals surface area contributed by atoms with Gasteiger partial charge in [0.2, 0.25) is 0 Å². The van der Waals surface area contributed by atoms with Crippen molar-refractivity contribution in [3.05, 3.63) is 39.7 Å². The normalized spacial score (nSPS) is 14.4. The van der Waals surface area contributed by atoms with E-state index in [9.17, 15) is 14.5 Å². The first kappa shape index (κ1) is 15.6. The second-order valence-corrected chi connectivity index (χ2v) is 5.08. The molecule has 19 heavy (non-hydrogen) atoms. The standard InChI is InChI=1S/C14H21FN2O2/c1-5-16-10(4)14(9(2)3)12-8-11(15)6-7-13(12)17(18)19/h6-10,14,16H,5H2,1-4H3. The largest absolute Gasteiger partial charge is 0.314 e. The molecule has 2 atom stereocenters. The molecule has 1 rings (SSSR count). The minimum atomic E-state index is -0.442. The van der Waals surface area contributed by atoms with Crippen LogP contribution in [0.3, 0.4) is 0 Å². The lowest BCUT2D eigenvalue weighted by molar-refractivity contribution is -0.385. The number of hydrogen-bond acceptors (Lipinski definition) is 3. The van der Waals surface area contributed by atoms with E-state index in [-0.39, 0.29) is 23.6 Å². The van der Waals surface area contributed by atoms with E-state index in [1.165, 1.54) is 12.1 Å². The van der Waals surface area contributed by atoms with E-state index in [1.54, 1.807) is 0 Å². The van der Waals surface area contributed by atoms with E-state index in [2.05, 4.69) is 5.32 Å². The molecular weight excluding hydrogens is 247 g/mol. The minimum Gasteiger partial charge on any atom is -0.314 e. The van der Waals surface area contributed by atoms with Crippen LogP contribution < -0.4 is 5.32 Å². The Labute approximate surface area is 113 Å². The molecule has 0 bridgehead atoms. The molecule has 0 fully saturated rings. The molecule has 4 nitrogen and oxygen atoms in total. The number of hydrogen-bond donors (Lipinski definition) is 1. The summed E-state index contributed by atoms with van der Waals surface area (Å²) in [7, 11) is 0. The third kappa shape index (κ3) is 3.73. The monoisotopic (exact) mass is 268 g/mol. The van der Waals surface area contributed by atoms with Gasteiger partial charge in [0, 0.05) is 23.6 Å². The molecule has 1 N–H and O–H groups in total. The Morgan fingerprint density at radius 2 is 2.00 bits per heavy atom. The summed E-state index contributed by atoms with van der Waals surface area (Å²) in [6, 6.07) is 3.72. The van der Waals surface area contributed by atoms with Gasteiger partial charge in [0.25, 0.3) is 5.69 Å². The average molecular weight is 268 g/mol. The van der Waals surface area contributed by atoms with Gasteiger partial charge in [-0.1, -0.05) is 20.8 Å². The fourth-order valence-corrected chi connectivity index (χ4v) is 2.61. The summed E-state index contributed by atoms with van der Waals surface area (Å²) in [5.74, 6) is -0.361. The van der Waals surface area contributed by atoms with Crippen molar-refractivity contribution in [1.29, 1.82) is 0 Å². The molecule has 0 saturated heterocycles. The molecular formula is C14H21FN2O2. The second-order valence-electron chi connectivity index (χ2n) is 5.08. The SMILES string of the molecule is CCNC(C)C(c1cc(F)ccc1[N+](=O)[O-])C(C)C. The number of nitro groups is 1. The Morgan fingerprint density at radius 1 is 1.37 bits per heavy atom. The summed E-state index contributed by atoms with van der Waals surface area (Å²) >= 11 is 0. The summed E-state index contributed by atoms with van der Waals surface area (Å²) in [6.07, 6.45) is 0. The summed E-state index contributed by atoms with van der Waals surface area (Å²) in [4.78, 5) is 10.7. The molecule has 0 saturated carbocycles. The van der Waals surface area contributed by atoms with Crippen LogP contribution in [0.25, 0.3) is 0 Å². The van der Waals surface area contributed by atoms with Crippen molar-refractivity contribution in [2.24, 2.45) is 5.92 Å². The zero-order chi connectivity index (χ0) is 14.6. The van der Waals surface area contributed by atoms with Crippen molar-refractivity contribution in [3.63, 3.8) is 0 Å². The van der Waals surface area contributed by atoms with E-state index < -0.39 is 10.7 Å². The maximum absolute atomic E-state index is 13.4. The van der Waals surface area contributed by atoms with E-state index in [4.69, 9.17) is 0 Å². The van der Waals surface area contributed by atoms with Gasteiger partial charge >= 0.3 is 0 Å². The molecule has 0 aliphatic heterocycles. The maximum Gasteiger partial charge on any atom is 0.273 e. The Morgan fingerprint density at radius 3 is 2.47 bits per heavy atom. The summed E-state index contributed by atoms with van der Waals surface area (Å²) in [6.45, 7) is 8.71. The van der Waals surface area contributed by atoms with E-state index in [0.717, 1.165) is 12.6 Å². The van der Waals surface area contributed by atoms with Crippen molar-refractivity contribution >= 4 is 5.69 Å². The predicted molar refractivity (Wildman–Crippen MR) is 73.8 cm³/mol. The van der Waals surface area contributed by atoms with Gasteiger partial charge in [-0.15, -0.1) is 0 Å². The number of halogens is 1. The smallest absolute Gasteiger partial charge is 0.273 e. The van der Waals surface area contributed by atoms with Gasteiger partial charge in [-0.05, 0) is 31.5 Å². The van der Waals surface area contributed by atoms with Crippen LogP contribution in [0.4, 0.5) is 10.1 Å². The Kier molecular flexibility index (Phi) is 5.42. The molecule has 0 amide bonds. The molecule has 0 heterocycles. The fraction of sp³-hybridized carbons (Fsp3) is 0.571. The lowest BCUT2D eigenvalue weighted by Crippen LogP contribution is -2.34. The molecule has 0 aliphatic carbocycles. The van der Waals surface area contributed by atoms with Crippen molar-refractivity contribution < 1.29 is 9.31 Å². The molecule has 0 aliphatic rings. The van der Waals surface area contributed by atoms with Crippen LogP contribution in [0.1, 0.15) is 39.2 Å². The van der Waals surface area contributed by atoms with Gasteiger partial charge in [0.05, 0.1) is 4.92 Å². The van der Waals surface area contributed by atoms with Gasteiger partial charge in [-0.3, -0.25) is 10.1 Å². The summed E-state index contributed by atoms with van der Waals surface area (Å²) in [5, 5.41) is 14.4. The van der Waals surface area contributed by atoms with Crippen LogP contribution in [-0.4, -0.2) is 17.5 Å². The second kappa shape index (κ2) is 6.61. The Balaban J connectivity index is 3.28. The lowest BCUT2D eigenvalue weighted by atomic mass is 9.82. The van der Waals surface area contributed by atoms with Crippen LogP contribution in [0.2, 0.25) is 0 Å². The van der Waals surface area contributed by atoms with Crippen LogP contribution in [0, 0.1) is 21.8 Å². The number of rotatable bonds is 6. The topological polar surface area (TPSA) is 55.2 Å². The van der Waals surface area contributed by atoms with Crippen molar-refractivity contribution in [2.45, 2.75) is 39.7 Å². The number of nitro benzene ring substituents is 1. The third-order valence-electron chi connectivity index (χ3n) is 3.33.